The summed E-state index contributed by atoms with van der Waals surface area (Å²) >= 11 is 0. The number of likely N-dealkylation sites (tertiary alicyclic amines) is 1. The molecule has 0 bridgehead atoms. The molecule has 1 aromatic heterocycles. The van der Waals surface area contributed by atoms with E-state index in [2.05, 4.69) is 10.2 Å². The molecule has 2 heterocycles. The Labute approximate surface area is 165 Å². The number of carbonyl (C=O) groups excluding carboxylic acids is 1. The molecule has 1 amide bonds. The molecule has 1 aliphatic rings. The van der Waals surface area contributed by atoms with Crippen LogP contribution in [0.3, 0.4) is 0 Å². The molecule has 0 spiro atoms. The van der Waals surface area contributed by atoms with Gasteiger partial charge < -0.3 is 23.9 Å². The van der Waals surface area contributed by atoms with Crippen LogP contribution in [0.4, 0.5) is 0 Å². The molecule has 0 radical (unpaired) electrons. The van der Waals surface area contributed by atoms with E-state index in [1.807, 2.05) is 12.1 Å². The Morgan fingerprint density at radius 2 is 1.82 bits per heavy atom. The summed E-state index contributed by atoms with van der Waals surface area (Å²) in [6.07, 6.45) is 4.25. The van der Waals surface area contributed by atoms with Crippen molar-refractivity contribution in [1.29, 1.82) is 0 Å². The van der Waals surface area contributed by atoms with Gasteiger partial charge in [-0.2, -0.15) is 0 Å². The van der Waals surface area contributed by atoms with E-state index in [1.54, 1.807) is 39.7 Å². The van der Waals surface area contributed by atoms with Gasteiger partial charge in [-0.1, -0.05) is 0 Å². The van der Waals surface area contributed by atoms with Crippen molar-refractivity contribution in [3.05, 3.63) is 41.9 Å². The number of nitrogens with zero attached hydrogens (tertiary/aromatic N) is 1. The second-order valence-corrected chi connectivity index (χ2v) is 6.79. The van der Waals surface area contributed by atoms with Gasteiger partial charge in [0, 0.05) is 6.54 Å². The molecule has 1 aromatic carbocycles. The molecular weight excluding hydrogens is 360 g/mol. The number of benzene rings is 1. The maximum absolute atomic E-state index is 12.6. The Kier molecular flexibility index (Phi) is 6.81. The SMILES string of the molecule is COc1cc(CC(=O)NCC(c2ccco2)N2CCCC2)cc(OC)c1OC. The summed E-state index contributed by atoms with van der Waals surface area (Å²) in [5, 5.41) is 3.05. The van der Waals surface area contributed by atoms with E-state index in [0.29, 0.717) is 23.8 Å². The van der Waals surface area contributed by atoms with Crippen LogP contribution in [0.25, 0.3) is 0 Å². The van der Waals surface area contributed by atoms with Crippen molar-refractivity contribution < 1.29 is 23.4 Å². The van der Waals surface area contributed by atoms with Gasteiger partial charge in [0.05, 0.1) is 40.1 Å². The third kappa shape index (κ3) is 4.59. The number of ether oxygens (including phenoxy) is 3. The minimum atomic E-state index is -0.0648. The van der Waals surface area contributed by atoms with Crippen LogP contribution in [0.15, 0.2) is 34.9 Å². The highest BCUT2D eigenvalue weighted by Gasteiger charge is 2.26. The maximum atomic E-state index is 12.6. The molecule has 1 N–H and O–H groups in total. The molecule has 1 atom stereocenters. The lowest BCUT2D eigenvalue weighted by Crippen LogP contribution is -2.37. The fraction of sp³-hybridized carbons (Fsp3) is 0.476. The summed E-state index contributed by atoms with van der Waals surface area (Å²) in [5.41, 5.74) is 0.794. The number of amides is 1. The van der Waals surface area contributed by atoms with Gasteiger partial charge in [0.2, 0.25) is 11.7 Å². The van der Waals surface area contributed by atoms with Gasteiger partial charge in [0.25, 0.3) is 0 Å². The Morgan fingerprint density at radius 1 is 1.14 bits per heavy atom. The molecular formula is C21H28N2O5. The predicted molar refractivity (Wildman–Crippen MR) is 105 cm³/mol. The monoisotopic (exact) mass is 388 g/mol. The number of hydrogen-bond donors (Lipinski definition) is 1. The van der Waals surface area contributed by atoms with Crippen molar-refractivity contribution in [2.75, 3.05) is 41.0 Å². The molecule has 0 saturated carbocycles. The van der Waals surface area contributed by atoms with Crippen molar-refractivity contribution in [1.82, 2.24) is 10.2 Å². The van der Waals surface area contributed by atoms with E-state index in [1.165, 1.54) is 12.8 Å². The molecule has 1 aliphatic heterocycles. The van der Waals surface area contributed by atoms with Crippen LogP contribution in [0.2, 0.25) is 0 Å². The molecule has 1 unspecified atom stereocenters. The van der Waals surface area contributed by atoms with Crippen molar-refractivity contribution >= 4 is 5.91 Å². The zero-order valence-electron chi connectivity index (χ0n) is 16.7. The number of rotatable bonds is 9. The summed E-state index contributed by atoms with van der Waals surface area (Å²) in [6, 6.07) is 7.50. The first-order valence-corrected chi connectivity index (χ1v) is 9.49. The van der Waals surface area contributed by atoms with E-state index in [-0.39, 0.29) is 18.4 Å². The van der Waals surface area contributed by atoms with Crippen LogP contribution in [0, 0.1) is 0 Å². The van der Waals surface area contributed by atoms with E-state index in [9.17, 15) is 4.79 Å². The number of hydrogen-bond acceptors (Lipinski definition) is 6. The molecule has 0 aliphatic carbocycles. The van der Waals surface area contributed by atoms with Crippen LogP contribution in [-0.4, -0.2) is 51.8 Å². The number of furan rings is 1. The molecule has 7 heteroatoms. The number of carbonyl (C=O) groups is 1. The topological polar surface area (TPSA) is 73.2 Å². The fourth-order valence-electron chi connectivity index (χ4n) is 3.64. The summed E-state index contributed by atoms with van der Waals surface area (Å²) in [4.78, 5) is 14.9. The summed E-state index contributed by atoms with van der Waals surface area (Å²) < 4.78 is 21.7. The van der Waals surface area contributed by atoms with E-state index in [0.717, 1.165) is 24.4 Å². The first-order valence-electron chi connectivity index (χ1n) is 9.49. The molecule has 2 aromatic rings. The van der Waals surface area contributed by atoms with Crippen LogP contribution >= 0.6 is 0 Å². The fourth-order valence-corrected chi connectivity index (χ4v) is 3.64. The van der Waals surface area contributed by atoms with Crippen LogP contribution in [-0.2, 0) is 11.2 Å². The average Bonchev–Trinajstić information content (AvgIpc) is 3.42. The van der Waals surface area contributed by atoms with Gasteiger partial charge in [-0.25, -0.2) is 0 Å². The Hall–Kier alpha value is -2.67. The van der Waals surface area contributed by atoms with Gasteiger partial charge >= 0.3 is 0 Å². The van der Waals surface area contributed by atoms with Crippen molar-refractivity contribution in [3.63, 3.8) is 0 Å². The summed E-state index contributed by atoms with van der Waals surface area (Å²) in [7, 11) is 4.68. The predicted octanol–water partition coefficient (Wildman–Crippen LogP) is 2.80. The van der Waals surface area contributed by atoms with Crippen molar-refractivity contribution in [2.24, 2.45) is 0 Å². The molecule has 152 valence electrons. The number of nitrogens with one attached hydrogen (secondary N) is 1. The van der Waals surface area contributed by atoms with E-state index < -0.39 is 0 Å². The van der Waals surface area contributed by atoms with Gasteiger partial charge in [-0.05, 0) is 55.8 Å². The minimum Gasteiger partial charge on any atom is -0.493 e. The standard InChI is InChI=1S/C21H28N2O5/c1-25-18-11-15(12-19(26-2)21(18)27-3)13-20(24)22-14-16(17-7-6-10-28-17)23-8-4-5-9-23/h6-7,10-12,16H,4-5,8-9,13-14H2,1-3H3,(H,22,24). The second-order valence-electron chi connectivity index (χ2n) is 6.79. The van der Waals surface area contributed by atoms with Crippen LogP contribution in [0.5, 0.6) is 17.2 Å². The normalized spacial score (nSPS) is 15.2. The lowest BCUT2D eigenvalue weighted by Gasteiger charge is -2.26. The Balaban J connectivity index is 1.66. The highest BCUT2D eigenvalue weighted by Crippen LogP contribution is 2.38. The smallest absolute Gasteiger partial charge is 0.224 e. The quantitative estimate of drug-likeness (QED) is 0.712. The maximum Gasteiger partial charge on any atom is 0.224 e. The van der Waals surface area contributed by atoms with Gasteiger partial charge in [0.1, 0.15) is 5.76 Å². The first kappa shape index (κ1) is 20.1. The second kappa shape index (κ2) is 9.50. The average molecular weight is 388 g/mol. The van der Waals surface area contributed by atoms with E-state index in [4.69, 9.17) is 18.6 Å². The largest absolute Gasteiger partial charge is 0.493 e. The lowest BCUT2D eigenvalue weighted by molar-refractivity contribution is -0.120. The summed E-state index contributed by atoms with van der Waals surface area (Å²) in [5.74, 6) is 2.41. The van der Waals surface area contributed by atoms with Crippen molar-refractivity contribution in [2.45, 2.75) is 25.3 Å². The Morgan fingerprint density at radius 3 is 2.36 bits per heavy atom. The minimum absolute atomic E-state index is 0.0568. The Bertz CT molecular complexity index is 744. The number of methoxy groups -OCH3 is 3. The van der Waals surface area contributed by atoms with Gasteiger partial charge in [-0.15, -0.1) is 0 Å². The van der Waals surface area contributed by atoms with E-state index >= 15 is 0 Å². The lowest BCUT2D eigenvalue weighted by atomic mass is 10.1. The molecule has 1 fully saturated rings. The third-order valence-corrected chi connectivity index (χ3v) is 5.03. The molecule has 7 nitrogen and oxygen atoms in total. The zero-order valence-corrected chi connectivity index (χ0v) is 16.7. The molecule has 28 heavy (non-hydrogen) atoms. The van der Waals surface area contributed by atoms with Crippen LogP contribution < -0.4 is 19.5 Å². The zero-order chi connectivity index (χ0) is 19.9. The molecule has 1 saturated heterocycles. The van der Waals surface area contributed by atoms with Crippen molar-refractivity contribution in [3.8, 4) is 17.2 Å². The highest BCUT2D eigenvalue weighted by molar-refractivity contribution is 5.79. The summed E-state index contributed by atoms with van der Waals surface area (Å²) in [6.45, 7) is 2.55. The van der Waals surface area contributed by atoms with Gasteiger partial charge in [-0.3, -0.25) is 9.69 Å². The van der Waals surface area contributed by atoms with Gasteiger partial charge in [0.15, 0.2) is 11.5 Å². The van der Waals surface area contributed by atoms with Crippen LogP contribution in [0.1, 0.15) is 30.2 Å². The molecule has 3 rings (SSSR count). The third-order valence-electron chi connectivity index (χ3n) is 5.03. The highest BCUT2D eigenvalue weighted by atomic mass is 16.5. The first-order chi connectivity index (χ1) is 13.7.